The zero-order valence-electron chi connectivity index (χ0n) is 13.0. The lowest BCUT2D eigenvalue weighted by atomic mass is 9.94. The normalized spacial score (nSPS) is 20.3. The number of benzene rings is 1. The van der Waals surface area contributed by atoms with Gasteiger partial charge in [0.25, 0.3) is 0 Å². The number of phenolic OH excluding ortho intramolecular Hbond substituents is 1. The summed E-state index contributed by atoms with van der Waals surface area (Å²) in [6.07, 6.45) is 1.83. The minimum atomic E-state index is -0.802. The summed E-state index contributed by atoms with van der Waals surface area (Å²) in [5.74, 6) is 0.253. The standard InChI is InChI=1S/C17H18NO4/c1-16(2)9-10(17(3,4)18(16)21)14-8-12(20)15-11(19)6-5-7-13(15)22-14/h5-9,19H,1-4H3. The molecule has 2 aromatic rings. The molecule has 0 saturated carbocycles. The second kappa shape index (κ2) is 4.44. The van der Waals surface area contributed by atoms with Crippen molar-refractivity contribution in [2.24, 2.45) is 0 Å². The van der Waals surface area contributed by atoms with Gasteiger partial charge in [-0.2, -0.15) is 0 Å². The highest BCUT2D eigenvalue weighted by molar-refractivity contribution is 5.85. The molecule has 0 spiro atoms. The molecule has 0 saturated heterocycles. The van der Waals surface area contributed by atoms with Crippen LogP contribution in [0.3, 0.4) is 0 Å². The van der Waals surface area contributed by atoms with E-state index in [1.165, 1.54) is 12.1 Å². The molecule has 1 N–H and O–H groups in total. The van der Waals surface area contributed by atoms with Crippen molar-refractivity contribution in [1.82, 2.24) is 5.06 Å². The first kappa shape index (κ1) is 14.8. The third-order valence-electron chi connectivity index (χ3n) is 4.19. The lowest BCUT2D eigenvalue weighted by Crippen LogP contribution is -2.46. The molecule has 5 nitrogen and oxygen atoms in total. The molecular formula is C17H18NO4. The van der Waals surface area contributed by atoms with Crippen molar-refractivity contribution in [2.75, 3.05) is 0 Å². The fourth-order valence-electron chi connectivity index (χ4n) is 3.12. The van der Waals surface area contributed by atoms with Crippen molar-refractivity contribution in [3.05, 3.63) is 46.3 Å². The largest absolute Gasteiger partial charge is 0.507 e. The average Bonchev–Trinajstić information content (AvgIpc) is 2.58. The van der Waals surface area contributed by atoms with Gasteiger partial charge >= 0.3 is 0 Å². The fraction of sp³-hybridized carbons (Fsp3) is 0.353. The summed E-state index contributed by atoms with van der Waals surface area (Å²) in [5.41, 5.74) is -0.820. The Kier molecular flexibility index (Phi) is 2.99. The van der Waals surface area contributed by atoms with Crippen LogP contribution < -0.4 is 5.43 Å². The van der Waals surface area contributed by atoms with E-state index in [2.05, 4.69) is 0 Å². The van der Waals surface area contributed by atoms with Crippen molar-refractivity contribution in [3.63, 3.8) is 0 Å². The molecule has 2 heterocycles. The van der Waals surface area contributed by atoms with Crippen molar-refractivity contribution < 1.29 is 14.7 Å². The number of rotatable bonds is 1. The Morgan fingerprint density at radius 3 is 2.45 bits per heavy atom. The maximum Gasteiger partial charge on any atom is 0.197 e. The number of phenols is 1. The minimum Gasteiger partial charge on any atom is -0.507 e. The molecule has 0 bridgehead atoms. The SMILES string of the molecule is CC1(C)C=C(c2cc(=O)c3c(O)cccc3o2)C(C)(C)N1[O]. The van der Waals surface area contributed by atoms with Gasteiger partial charge in [0.05, 0.1) is 11.1 Å². The van der Waals surface area contributed by atoms with Gasteiger partial charge in [-0.3, -0.25) is 4.79 Å². The molecule has 0 fully saturated rings. The second-order valence-electron chi connectivity index (χ2n) is 6.69. The van der Waals surface area contributed by atoms with E-state index in [1.807, 2.05) is 19.9 Å². The monoisotopic (exact) mass is 300 g/mol. The van der Waals surface area contributed by atoms with Crippen LogP contribution in [0.15, 0.2) is 39.6 Å². The molecule has 5 heteroatoms. The first-order valence-corrected chi connectivity index (χ1v) is 7.11. The predicted molar refractivity (Wildman–Crippen MR) is 82.8 cm³/mol. The summed E-state index contributed by atoms with van der Waals surface area (Å²) in [6, 6.07) is 6.02. The molecule has 0 unspecified atom stereocenters. The van der Waals surface area contributed by atoms with Crippen LogP contribution >= 0.6 is 0 Å². The molecular weight excluding hydrogens is 282 g/mol. The van der Waals surface area contributed by atoms with E-state index in [9.17, 15) is 15.1 Å². The minimum absolute atomic E-state index is 0.108. The smallest absolute Gasteiger partial charge is 0.197 e. The Morgan fingerprint density at radius 1 is 1.18 bits per heavy atom. The average molecular weight is 300 g/mol. The molecule has 115 valence electrons. The summed E-state index contributed by atoms with van der Waals surface area (Å²) in [6.45, 7) is 7.24. The molecule has 1 aliphatic rings. The van der Waals surface area contributed by atoms with Gasteiger partial charge in [-0.25, -0.2) is 0 Å². The number of aromatic hydroxyl groups is 1. The molecule has 1 aromatic heterocycles. The van der Waals surface area contributed by atoms with Gasteiger partial charge in [0, 0.05) is 11.6 Å². The fourth-order valence-corrected chi connectivity index (χ4v) is 3.12. The Labute approximate surface area is 128 Å². The number of hydrogen-bond acceptors (Lipinski definition) is 4. The van der Waals surface area contributed by atoms with Gasteiger partial charge in [-0.15, -0.1) is 10.3 Å². The Hall–Kier alpha value is -2.11. The third-order valence-corrected chi connectivity index (χ3v) is 4.19. The summed E-state index contributed by atoms with van der Waals surface area (Å²) in [7, 11) is 0. The van der Waals surface area contributed by atoms with E-state index >= 15 is 0 Å². The Balaban J connectivity index is 2.26. The summed E-state index contributed by atoms with van der Waals surface area (Å²) < 4.78 is 5.79. The molecule has 22 heavy (non-hydrogen) atoms. The van der Waals surface area contributed by atoms with E-state index in [-0.39, 0.29) is 16.6 Å². The Bertz CT molecular complexity index is 845. The number of hydrogen-bond donors (Lipinski definition) is 1. The molecule has 3 rings (SSSR count). The van der Waals surface area contributed by atoms with Gasteiger partial charge in [0.15, 0.2) is 5.43 Å². The third kappa shape index (κ3) is 1.97. The number of hydroxylamine groups is 2. The first-order chi connectivity index (χ1) is 10.1. The van der Waals surface area contributed by atoms with Crippen molar-refractivity contribution >= 4 is 16.5 Å². The number of fused-ring (bicyclic) bond motifs is 1. The maximum absolute atomic E-state index is 12.4. The van der Waals surface area contributed by atoms with Gasteiger partial charge in [-0.05, 0) is 39.8 Å². The van der Waals surface area contributed by atoms with E-state index < -0.39 is 11.1 Å². The topological polar surface area (TPSA) is 73.6 Å². The van der Waals surface area contributed by atoms with E-state index in [1.54, 1.807) is 26.0 Å². The summed E-state index contributed by atoms with van der Waals surface area (Å²) in [5, 5.41) is 23.4. The van der Waals surface area contributed by atoms with Crippen molar-refractivity contribution in [3.8, 4) is 5.75 Å². The quantitative estimate of drug-likeness (QED) is 0.878. The van der Waals surface area contributed by atoms with Gasteiger partial charge in [0.1, 0.15) is 22.5 Å². The highest BCUT2D eigenvalue weighted by atomic mass is 16.5. The van der Waals surface area contributed by atoms with Gasteiger partial charge < -0.3 is 9.52 Å². The van der Waals surface area contributed by atoms with Crippen LogP contribution in [0.5, 0.6) is 5.75 Å². The van der Waals surface area contributed by atoms with Gasteiger partial charge in [-0.1, -0.05) is 12.1 Å². The molecule has 0 amide bonds. The summed E-state index contributed by atoms with van der Waals surface area (Å²) >= 11 is 0. The summed E-state index contributed by atoms with van der Waals surface area (Å²) in [4.78, 5) is 12.3. The first-order valence-electron chi connectivity index (χ1n) is 7.11. The van der Waals surface area contributed by atoms with Crippen LogP contribution in [0.2, 0.25) is 0 Å². The van der Waals surface area contributed by atoms with Crippen molar-refractivity contribution in [1.29, 1.82) is 0 Å². The zero-order chi connectivity index (χ0) is 16.3. The lowest BCUT2D eigenvalue weighted by molar-refractivity contribution is -0.234. The predicted octanol–water partition coefficient (Wildman–Crippen LogP) is 3.10. The number of nitrogens with zero attached hydrogens (tertiary/aromatic N) is 1. The second-order valence-corrected chi connectivity index (χ2v) is 6.69. The van der Waals surface area contributed by atoms with Crippen LogP contribution in [-0.4, -0.2) is 21.2 Å². The highest BCUT2D eigenvalue weighted by Crippen LogP contribution is 2.43. The van der Waals surface area contributed by atoms with E-state index in [4.69, 9.17) is 4.42 Å². The molecule has 0 aliphatic carbocycles. The highest BCUT2D eigenvalue weighted by Gasteiger charge is 2.47. The maximum atomic E-state index is 12.4. The van der Waals surface area contributed by atoms with Crippen LogP contribution in [0.4, 0.5) is 0 Å². The molecule has 0 atom stereocenters. The van der Waals surface area contributed by atoms with Crippen LogP contribution in [0.25, 0.3) is 16.5 Å². The molecule has 1 aromatic carbocycles. The Morgan fingerprint density at radius 2 is 1.86 bits per heavy atom. The zero-order valence-corrected chi connectivity index (χ0v) is 13.0. The van der Waals surface area contributed by atoms with E-state index in [0.29, 0.717) is 16.9 Å². The van der Waals surface area contributed by atoms with E-state index in [0.717, 1.165) is 5.06 Å². The van der Waals surface area contributed by atoms with Crippen LogP contribution in [0.1, 0.15) is 33.5 Å². The van der Waals surface area contributed by atoms with Crippen LogP contribution in [0, 0.1) is 0 Å². The molecule has 1 aliphatic heterocycles. The molecule has 1 radical (unpaired) electrons. The van der Waals surface area contributed by atoms with Gasteiger partial charge in [0.2, 0.25) is 0 Å². The van der Waals surface area contributed by atoms with Crippen LogP contribution in [-0.2, 0) is 5.21 Å². The van der Waals surface area contributed by atoms with Crippen molar-refractivity contribution in [2.45, 2.75) is 38.8 Å². The lowest BCUT2D eigenvalue weighted by Gasteiger charge is -2.33.